The van der Waals surface area contributed by atoms with Gasteiger partial charge in [-0.15, -0.1) is 24.0 Å². The SMILES string of the molecule is CCNC(=NCCS(=O)(=O)NCC1CCCCO1)NCC.I. The van der Waals surface area contributed by atoms with Crippen LogP contribution in [0.2, 0.25) is 0 Å². The third-order valence-corrected chi connectivity index (χ3v) is 4.45. The van der Waals surface area contributed by atoms with Gasteiger partial charge in [-0.3, -0.25) is 4.99 Å². The highest BCUT2D eigenvalue weighted by Crippen LogP contribution is 2.11. The Labute approximate surface area is 151 Å². The molecule has 0 spiro atoms. The molecule has 0 aromatic heterocycles. The van der Waals surface area contributed by atoms with Crippen molar-refractivity contribution in [3.63, 3.8) is 0 Å². The summed E-state index contributed by atoms with van der Waals surface area (Å²) in [5, 5.41) is 6.11. The summed E-state index contributed by atoms with van der Waals surface area (Å²) >= 11 is 0. The van der Waals surface area contributed by atoms with Gasteiger partial charge in [0.05, 0.1) is 18.4 Å². The van der Waals surface area contributed by atoms with Crippen molar-refractivity contribution in [2.75, 3.05) is 38.5 Å². The van der Waals surface area contributed by atoms with Crippen molar-refractivity contribution >= 4 is 40.0 Å². The number of aliphatic imine (C=N–C) groups is 1. The van der Waals surface area contributed by atoms with Gasteiger partial charge in [0.2, 0.25) is 10.0 Å². The van der Waals surface area contributed by atoms with Crippen LogP contribution in [0.25, 0.3) is 0 Å². The van der Waals surface area contributed by atoms with Crippen molar-refractivity contribution in [1.82, 2.24) is 15.4 Å². The Balaban J connectivity index is 0.00000441. The molecule has 1 rings (SSSR count). The molecule has 0 radical (unpaired) electrons. The van der Waals surface area contributed by atoms with Crippen LogP contribution in [0, 0.1) is 0 Å². The predicted octanol–water partition coefficient (Wildman–Crippen LogP) is 0.668. The second-order valence-corrected chi connectivity index (χ2v) is 6.87. The zero-order chi connectivity index (χ0) is 15.6. The fourth-order valence-electron chi connectivity index (χ4n) is 2.05. The van der Waals surface area contributed by atoms with Gasteiger partial charge in [0.25, 0.3) is 0 Å². The van der Waals surface area contributed by atoms with Crippen LogP contribution in [-0.2, 0) is 14.8 Å². The Morgan fingerprint density at radius 2 is 1.91 bits per heavy atom. The lowest BCUT2D eigenvalue weighted by Crippen LogP contribution is -2.39. The normalized spacial score (nSPS) is 18.2. The highest BCUT2D eigenvalue weighted by Gasteiger charge is 2.17. The molecule has 1 aliphatic rings. The van der Waals surface area contributed by atoms with E-state index < -0.39 is 10.0 Å². The number of sulfonamides is 1. The van der Waals surface area contributed by atoms with E-state index >= 15 is 0 Å². The molecule has 1 fully saturated rings. The van der Waals surface area contributed by atoms with Gasteiger partial charge in [0, 0.05) is 26.2 Å². The van der Waals surface area contributed by atoms with E-state index in [9.17, 15) is 8.42 Å². The number of nitrogens with zero attached hydrogens (tertiary/aromatic N) is 1. The minimum absolute atomic E-state index is 0. The zero-order valence-corrected chi connectivity index (χ0v) is 16.6. The van der Waals surface area contributed by atoms with Gasteiger partial charge < -0.3 is 15.4 Å². The summed E-state index contributed by atoms with van der Waals surface area (Å²) in [5.74, 6) is 0.630. The first-order chi connectivity index (χ1) is 10.1. The topological polar surface area (TPSA) is 91.8 Å². The average Bonchev–Trinajstić information content (AvgIpc) is 2.47. The first-order valence-corrected chi connectivity index (χ1v) is 9.33. The maximum absolute atomic E-state index is 11.9. The van der Waals surface area contributed by atoms with E-state index in [1.807, 2.05) is 13.8 Å². The number of hydrogen-bond donors (Lipinski definition) is 3. The van der Waals surface area contributed by atoms with Crippen molar-refractivity contribution in [2.24, 2.45) is 4.99 Å². The summed E-state index contributed by atoms with van der Waals surface area (Å²) in [7, 11) is -3.30. The van der Waals surface area contributed by atoms with E-state index in [0.29, 0.717) is 12.5 Å². The largest absolute Gasteiger partial charge is 0.377 e. The first-order valence-electron chi connectivity index (χ1n) is 7.68. The van der Waals surface area contributed by atoms with E-state index in [1.54, 1.807) is 0 Å². The van der Waals surface area contributed by atoms with E-state index in [4.69, 9.17) is 4.74 Å². The molecule has 0 bridgehead atoms. The third-order valence-electron chi connectivity index (χ3n) is 3.12. The second-order valence-electron chi connectivity index (χ2n) is 4.95. The molecule has 0 saturated carbocycles. The molecule has 9 heteroatoms. The van der Waals surface area contributed by atoms with Crippen molar-refractivity contribution in [2.45, 2.75) is 39.2 Å². The fourth-order valence-corrected chi connectivity index (χ4v) is 2.96. The molecule has 3 N–H and O–H groups in total. The lowest BCUT2D eigenvalue weighted by Gasteiger charge is -2.22. The summed E-state index contributed by atoms with van der Waals surface area (Å²) in [4.78, 5) is 4.23. The molecule has 1 atom stereocenters. The summed E-state index contributed by atoms with van der Waals surface area (Å²) in [5.41, 5.74) is 0. The molecule has 0 aromatic carbocycles. The Bertz CT molecular complexity index is 404. The van der Waals surface area contributed by atoms with Crippen LogP contribution in [0.5, 0.6) is 0 Å². The molecule has 1 saturated heterocycles. The Morgan fingerprint density at radius 3 is 2.45 bits per heavy atom. The third kappa shape index (κ3) is 9.80. The average molecular weight is 448 g/mol. The second kappa shape index (κ2) is 12.3. The van der Waals surface area contributed by atoms with Gasteiger partial charge in [0.1, 0.15) is 0 Å². The summed E-state index contributed by atoms with van der Waals surface area (Å²) in [6.07, 6.45) is 3.10. The van der Waals surface area contributed by atoms with Crippen molar-refractivity contribution in [1.29, 1.82) is 0 Å². The van der Waals surface area contributed by atoms with Crippen LogP contribution in [-0.4, -0.2) is 59.0 Å². The molecule has 0 aliphatic carbocycles. The zero-order valence-electron chi connectivity index (χ0n) is 13.4. The highest BCUT2D eigenvalue weighted by atomic mass is 127. The Morgan fingerprint density at radius 1 is 1.23 bits per heavy atom. The van der Waals surface area contributed by atoms with Gasteiger partial charge >= 0.3 is 0 Å². The number of ether oxygens (including phenoxy) is 1. The van der Waals surface area contributed by atoms with Crippen molar-refractivity contribution < 1.29 is 13.2 Å². The quantitative estimate of drug-likeness (QED) is 0.289. The number of rotatable bonds is 8. The van der Waals surface area contributed by atoms with Crippen LogP contribution in [0.1, 0.15) is 33.1 Å². The summed E-state index contributed by atoms with van der Waals surface area (Å²) in [6, 6.07) is 0. The number of hydrogen-bond acceptors (Lipinski definition) is 4. The van der Waals surface area contributed by atoms with Crippen molar-refractivity contribution in [3.05, 3.63) is 0 Å². The van der Waals surface area contributed by atoms with Gasteiger partial charge in [-0.05, 0) is 33.1 Å². The predicted molar refractivity (Wildman–Crippen MR) is 100 cm³/mol. The smallest absolute Gasteiger partial charge is 0.213 e. The molecule has 1 aliphatic heterocycles. The van der Waals surface area contributed by atoms with E-state index in [2.05, 4.69) is 20.3 Å². The molecule has 7 nitrogen and oxygen atoms in total. The Kier molecular flexibility index (Phi) is 12.2. The number of guanidine groups is 1. The maximum atomic E-state index is 11.9. The van der Waals surface area contributed by atoms with Gasteiger partial charge in [-0.2, -0.15) is 0 Å². The summed E-state index contributed by atoms with van der Waals surface area (Å²) in [6.45, 7) is 6.75. The maximum Gasteiger partial charge on any atom is 0.213 e. The monoisotopic (exact) mass is 448 g/mol. The lowest BCUT2D eigenvalue weighted by molar-refractivity contribution is 0.0200. The standard InChI is InChI=1S/C13H28N4O3S.HI/c1-3-14-13(15-4-2)16-8-10-21(18,19)17-11-12-7-5-6-9-20-12;/h12,17H,3-11H2,1-2H3,(H2,14,15,16);1H. The highest BCUT2D eigenvalue weighted by molar-refractivity contribution is 14.0. The number of halogens is 1. The molecule has 1 heterocycles. The molecule has 22 heavy (non-hydrogen) atoms. The molecule has 132 valence electrons. The minimum Gasteiger partial charge on any atom is -0.377 e. The molecule has 0 amide bonds. The molecular weight excluding hydrogens is 419 g/mol. The molecule has 0 aromatic rings. The van der Waals surface area contributed by atoms with Gasteiger partial charge in [0.15, 0.2) is 5.96 Å². The van der Waals surface area contributed by atoms with Gasteiger partial charge in [-0.25, -0.2) is 13.1 Å². The molecule has 1 unspecified atom stereocenters. The fraction of sp³-hybridized carbons (Fsp3) is 0.923. The van der Waals surface area contributed by atoms with E-state index in [0.717, 1.165) is 39.0 Å². The van der Waals surface area contributed by atoms with E-state index in [-0.39, 0.29) is 42.4 Å². The van der Waals surface area contributed by atoms with Crippen LogP contribution >= 0.6 is 24.0 Å². The van der Waals surface area contributed by atoms with Crippen LogP contribution < -0.4 is 15.4 Å². The van der Waals surface area contributed by atoms with E-state index in [1.165, 1.54) is 0 Å². The summed E-state index contributed by atoms with van der Waals surface area (Å²) < 4.78 is 31.9. The van der Waals surface area contributed by atoms with Crippen LogP contribution in [0.15, 0.2) is 4.99 Å². The van der Waals surface area contributed by atoms with Crippen LogP contribution in [0.4, 0.5) is 0 Å². The Hall–Kier alpha value is -0.130. The minimum atomic E-state index is -3.30. The first kappa shape index (κ1) is 21.9. The van der Waals surface area contributed by atoms with Crippen molar-refractivity contribution in [3.8, 4) is 0 Å². The number of nitrogens with one attached hydrogen (secondary N) is 3. The molecular formula is C13H29IN4O3S. The lowest BCUT2D eigenvalue weighted by atomic mass is 10.1. The van der Waals surface area contributed by atoms with Gasteiger partial charge in [-0.1, -0.05) is 0 Å². The van der Waals surface area contributed by atoms with Crippen LogP contribution in [0.3, 0.4) is 0 Å².